The zero-order chi connectivity index (χ0) is 19.5. The number of carbonyl (C=O) groups excluding carboxylic acids is 1. The smallest absolute Gasteiger partial charge is 0.251 e. The molecule has 4 aromatic rings. The third-order valence-corrected chi connectivity index (χ3v) is 5.72. The van der Waals surface area contributed by atoms with E-state index in [9.17, 15) is 4.79 Å². The van der Waals surface area contributed by atoms with E-state index in [2.05, 4.69) is 32.3 Å². The third kappa shape index (κ3) is 3.84. The van der Waals surface area contributed by atoms with Gasteiger partial charge in [0.25, 0.3) is 5.91 Å². The van der Waals surface area contributed by atoms with Gasteiger partial charge in [0.15, 0.2) is 0 Å². The predicted octanol–water partition coefficient (Wildman–Crippen LogP) is 6.15. The lowest BCUT2D eigenvalue weighted by atomic mass is 9.90. The summed E-state index contributed by atoms with van der Waals surface area (Å²) in [6, 6.07) is 23.3. The SMILES string of the molecule is O=C(NCC(c1ccccc1Cl)c1c[nH]c2ccccc12)c1ccc(Br)cc1. The summed E-state index contributed by atoms with van der Waals surface area (Å²) in [6.45, 7) is 0.445. The second kappa shape index (κ2) is 8.21. The van der Waals surface area contributed by atoms with E-state index in [0.717, 1.165) is 26.5 Å². The molecule has 0 saturated heterocycles. The van der Waals surface area contributed by atoms with E-state index in [1.807, 2.05) is 60.8 Å². The van der Waals surface area contributed by atoms with Gasteiger partial charge in [-0.25, -0.2) is 0 Å². The molecule has 1 amide bonds. The summed E-state index contributed by atoms with van der Waals surface area (Å²) in [5, 5.41) is 4.89. The van der Waals surface area contributed by atoms with E-state index >= 15 is 0 Å². The zero-order valence-electron chi connectivity index (χ0n) is 15.0. The molecule has 0 bridgehead atoms. The van der Waals surface area contributed by atoms with Crippen molar-refractivity contribution in [3.05, 3.63) is 105 Å². The van der Waals surface area contributed by atoms with Crippen LogP contribution >= 0.6 is 27.5 Å². The Morgan fingerprint density at radius 2 is 1.68 bits per heavy atom. The first-order valence-electron chi connectivity index (χ1n) is 8.97. The molecule has 0 saturated carbocycles. The Balaban J connectivity index is 1.67. The van der Waals surface area contributed by atoms with E-state index < -0.39 is 0 Å². The summed E-state index contributed by atoms with van der Waals surface area (Å²) in [5.41, 5.74) is 3.79. The Labute approximate surface area is 176 Å². The molecule has 0 aliphatic rings. The Hall–Kier alpha value is -2.56. The zero-order valence-corrected chi connectivity index (χ0v) is 17.3. The Bertz CT molecular complexity index is 1120. The van der Waals surface area contributed by atoms with E-state index in [0.29, 0.717) is 17.1 Å². The molecule has 0 radical (unpaired) electrons. The number of hydrogen-bond acceptors (Lipinski definition) is 1. The van der Waals surface area contributed by atoms with Crippen molar-refractivity contribution in [2.45, 2.75) is 5.92 Å². The van der Waals surface area contributed by atoms with Crippen LogP contribution in [0.25, 0.3) is 10.9 Å². The van der Waals surface area contributed by atoms with Gasteiger partial charge in [0, 0.05) is 44.6 Å². The van der Waals surface area contributed by atoms with Gasteiger partial charge in [-0.2, -0.15) is 0 Å². The molecule has 0 fully saturated rings. The number of hydrogen-bond donors (Lipinski definition) is 2. The molecule has 1 heterocycles. The number of carbonyl (C=O) groups is 1. The van der Waals surface area contributed by atoms with Crippen LogP contribution in [0.1, 0.15) is 27.4 Å². The first kappa shape index (κ1) is 18.8. The number of aromatic amines is 1. The largest absolute Gasteiger partial charge is 0.361 e. The predicted molar refractivity (Wildman–Crippen MR) is 118 cm³/mol. The maximum absolute atomic E-state index is 12.6. The second-order valence-corrected chi connectivity index (χ2v) is 7.90. The number of amides is 1. The number of H-pyrrole nitrogens is 1. The van der Waals surface area contributed by atoms with Crippen LogP contribution in [0.15, 0.2) is 83.5 Å². The van der Waals surface area contributed by atoms with Crippen LogP contribution in [0.5, 0.6) is 0 Å². The number of fused-ring (bicyclic) bond motifs is 1. The van der Waals surface area contributed by atoms with Crippen molar-refractivity contribution in [3.8, 4) is 0 Å². The molecule has 3 nitrogen and oxygen atoms in total. The number of halogens is 2. The molecule has 0 aliphatic heterocycles. The van der Waals surface area contributed by atoms with Gasteiger partial charge >= 0.3 is 0 Å². The van der Waals surface area contributed by atoms with Crippen LogP contribution in [-0.4, -0.2) is 17.4 Å². The van der Waals surface area contributed by atoms with Crippen LogP contribution in [0.4, 0.5) is 0 Å². The number of rotatable bonds is 5. The Kier molecular flexibility index (Phi) is 5.51. The van der Waals surface area contributed by atoms with Crippen molar-refractivity contribution in [2.75, 3.05) is 6.54 Å². The number of nitrogens with one attached hydrogen (secondary N) is 2. The van der Waals surface area contributed by atoms with E-state index in [1.165, 1.54) is 0 Å². The van der Waals surface area contributed by atoms with Crippen molar-refractivity contribution in [1.82, 2.24) is 10.3 Å². The normalized spacial score (nSPS) is 12.1. The molecule has 1 unspecified atom stereocenters. The number of aromatic nitrogens is 1. The second-order valence-electron chi connectivity index (χ2n) is 6.58. The molecule has 0 aliphatic carbocycles. The first-order chi connectivity index (χ1) is 13.6. The topological polar surface area (TPSA) is 44.9 Å². The van der Waals surface area contributed by atoms with Gasteiger partial charge < -0.3 is 10.3 Å². The first-order valence-corrected chi connectivity index (χ1v) is 10.1. The third-order valence-electron chi connectivity index (χ3n) is 4.85. The molecule has 140 valence electrons. The highest BCUT2D eigenvalue weighted by Crippen LogP contribution is 2.34. The van der Waals surface area contributed by atoms with Gasteiger partial charge in [-0.1, -0.05) is 63.9 Å². The van der Waals surface area contributed by atoms with Crippen molar-refractivity contribution in [1.29, 1.82) is 0 Å². The monoisotopic (exact) mass is 452 g/mol. The lowest BCUT2D eigenvalue weighted by molar-refractivity contribution is 0.0952. The van der Waals surface area contributed by atoms with Crippen molar-refractivity contribution in [3.63, 3.8) is 0 Å². The van der Waals surface area contributed by atoms with Crippen molar-refractivity contribution >= 4 is 44.3 Å². The standard InChI is InChI=1S/C23H18BrClN2O/c24-16-11-9-15(10-12-16)23(28)27-14-19(17-5-1-3-7-21(17)25)20-13-26-22-8-4-2-6-18(20)22/h1-13,19,26H,14H2,(H,27,28). The number of para-hydroxylation sites is 1. The van der Waals surface area contributed by atoms with Crippen LogP contribution in [-0.2, 0) is 0 Å². The number of benzene rings is 3. The van der Waals surface area contributed by atoms with Crippen LogP contribution in [0, 0.1) is 0 Å². The molecule has 1 aromatic heterocycles. The van der Waals surface area contributed by atoms with Crippen molar-refractivity contribution in [2.24, 2.45) is 0 Å². The van der Waals surface area contributed by atoms with Gasteiger partial charge in [0.1, 0.15) is 0 Å². The molecular weight excluding hydrogens is 436 g/mol. The maximum Gasteiger partial charge on any atom is 0.251 e. The van der Waals surface area contributed by atoms with Crippen LogP contribution in [0.2, 0.25) is 5.02 Å². The summed E-state index contributed by atoms with van der Waals surface area (Å²) in [4.78, 5) is 16.0. The molecule has 3 aromatic carbocycles. The highest BCUT2D eigenvalue weighted by molar-refractivity contribution is 9.10. The summed E-state index contributed by atoms with van der Waals surface area (Å²) in [6.07, 6.45) is 2.00. The lowest BCUT2D eigenvalue weighted by Crippen LogP contribution is -2.29. The summed E-state index contributed by atoms with van der Waals surface area (Å²) < 4.78 is 0.941. The fraction of sp³-hybridized carbons (Fsp3) is 0.0870. The highest BCUT2D eigenvalue weighted by Gasteiger charge is 2.21. The van der Waals surface area contributed by atoms with Gasteiger partial charge in [-0.15, -0.1) is 0 Å². The van der Waals surface area contributed by atoms with Gasteiger partial charge in [0.2, 0.25) is 0 Å². The quantitative estimate of drug-likeness (QED) is 0.374. The Morgan fingerprint density at radius 1 is 0.964 bits per heavy atom. The molecule has 0 spiro atoms. The molecule has 1 atom stereocenters. The van der Waals surface area contributed by atoms with Crippen LogP contribution < -0.4 is 5.32 Å². The van der Waals surface area contributed by atoms with Crippen molar-refractivity contribution < 1.29 is 4.79 Å². The van der Waals surface area contributed by atoms with Gasteiger partial charge in [-0.3, -0.25) is 4.79 Å². The minimum atomic E-state index is -0.107. The van der Waals surface area contributed by atoms with E-state index in [4.69, 9.17) is 11.6 Å². The maximum atomic E-state index is 12.6. The van der Waals surface area contributed by atoms with E-state index in [-0.39, 0.29) is 11.8 Å². The van der Waals surface area contributed by atoms with Gasteiger partial charge in [0.05, 0.1) is 0 Å². The minimum absolute atomic E-state index is 0.0655. The van der Waals surface area contributed by atoms with Crippen LogP contribution in [0.3, 0.4) is 0 Å². The average molecular weight is 454 g/mol. The molecule has 2 N–H and O–H groups in total. The fourth-order valence-corrected chi connectivity index (χ4v) is 3.96. The molecule has 28 heavy (non-hydrogen) atoms. The van der Waals surface area contributed by atoms with E-state index in [1.54, 1.807) is 12.1 Å². The lowest BCUT2D eigenvalue weighted by Gasteiger charge is -2.19. The average Bonchev–Trinajstić information content (AvgIpc) is 3.14. The molecule has 4 rings (SSSR count). The fourth-order valence-electron chi connectivity index (χ4n) is 3.43. The Morgan fingerprint density at radius 3 is 2.46 bits per heavy atom. The minimum Gasteiger partial charge on any atom is -0.361 e. The van der Waals surface area contributed by atoms with Gasteiger partial charge in [-0.05, 0) is 47.5 Å². The summed E-state index contributed by atoms with van der Waals surface area (Å²) >= 11 is 9.90. The molecular formula is C23H18BrClN2O. The highest BCUT2D eigenvalue weighted by atomic mass is 79.9. The molecule has 5 heteroatoms. The summed E-state index contributed by atoms with van der Waals surface area (Å²) in [7, 11) is 0. The summed E-state index contributed by atoms with van der Waals surface area (Å²) in [5.74, 6) is -0.173.